The number of hydrazine groups is 1. The number of carbonyl (C=O) groups excluding carboxylic acids is 1. The van der Waals surface area contributed by atoms with E-state index in [-0.39, 0.29) is 18.4 Å². The number of rotatable bonds is 4. The summed E-state index contributed by atoms with van der Waals surface area (Å²) in [6.07, 6.45) is 4.05. The van der Waals surface area contributed by atoms with Gasteiger partial charge in [0.15, 0.2) is 5.79 Å². The number of nitrogens with zero attached hydrogens (tertiary/aromatic N) is 1. The van der Waals surface area contributed by atoms with Crippen molar-refractivity contribution < 1.29 is 14.3 Å². The minimum atomic E-state index is -0.829. The van der Waals surface area contributed by atoms with Crippen LogP contribution in [0.15, 0.2) is 0 Å². The lowest BCUT2D eigenvalue weighted by Gasteiger charge is -2.29. The van der Waals surface area contributed by atoms with Crippen molar-refractivity contribution in [2.24, 2.45) is 5.84 Å². The third-order valence-corrected chi connectivity index (χ3v) is 3.54. The van der Waals surface area contributed by atoms with Gasteiger partial charge in [0.1, 0.15) is 0 Å². The summed E-state index contributed by atoms with van der Waals surface area (Å²) in [7, 11) is 0. The van der Waals surface area contributed by atoms with E-state index < -0.39 is 5.79 Å². The zero-order valence-electron chi connectivity index (χ0n) is 11.0. The van der Waals surface area contributed by atoms with Gasteiger partial charge >= 0.3 is 0 Å². The molecule has 2 fully saturated rings. The quantitative estimate of drug-likeness (QED) is 0.420. The number of hydrogen-bond donors (Lipinski definition) is 2. The summed E-state index contributed by atoms with van der Waals surface area (Å²) in [6.45, 7) is 5.50. The monoisotopic (exact) mass is 257 g/mol. The van der Waals surface area contributed by atoms with Crippen molar-refractivity contribution in [3.8, 4) is 0 Å². The molecule has 2 unspecified atom stereocenters. The summed E-state index contributed by atoms with van der Waals surface area (Å²) >= 11 is 0. The van der Waals surface area contributed by atoms with Crippen LogP contribution in [0.25, 0.3) is 0 Å². The molecule has 18 heavy (non-hydrogen) atoms. The van der Waals surface area contributed by atoms with Crippen molar-refractivity contribution in [2.45, 2.75) is 44.5 Å². The Balaban J connectivity index is 1.78. The molecule has 0 aromatic heterocycles. The number of amides is 1. The molecular weight excluding hydrogens is 234 g/mol. The van der Waals surface area contributed by atoms with Gasteiger partial charge in [0, 0.05) is 6.54 Å². The van der Waals surface area contributed by atoms with Crippen LogP contribution in [0, 0.1) is 0 Å². The number of piperidine rings is 1. The highest BCUT2D eigenvalue weighted by Gasteiger charge is 2.39. The zero-order chi connectivity index (χ0) is 13.0. The number of nitrogens with one attached hydrogen (secondary N) is 1. The predicted octanol–water partition coefficient (Wildman–Crippen LogP) is -0.0161. The van der Waals surface area contributed by atoms with E-state index in [1.54, 1.807) is 6.92 Å². The van der Waals surface area contributed by atoms with E-state index in [4.69, 9.17) is 15.3 Å². The lowest BCUT2D eigenvalue weighted by atomic mass is 10.1. The van der Waals surface area contributed by atoms with E-state index >= 15 is 0 Å². The maximum absolute atomic E-state index is 11.3. The van der Waals surface area contributed by atoms with Gasteiger partial charge in [0.25, 0.3) is 0 Å². The average Bonchev–Trinajstić information content (AvgIpc) is 2.71. The molecule has 0 spiro atoms. The molecule has 3 N–H and O–H groups in total. The maximum atomic E-state index is 11.3. The van der Waals surface area contributed by atoms with Crippen LogP contribution in [0.1, 0.15) is 32.6 Å². The smallest absolute Gasteiger partial charge is 0.239 e. The van der Waals surface area contributed by atoms with Crippen LogP contribution in [0.5, 0.6) is 0 Å². The van der Waals surface area contributed by atoms with Gasteiger partial charge in [-0.2, -0.15) is 0 Å². The van der Waals surface area contributed by atoms with Gasteiger partial charge < -0.3 is 14.4 Å². The van der Waals surface area contributed by atoms with E-state index in [1.165, 1.54) is 19.3 Å². The molecule has 0 saturated carbocycles. The lowest BCUT2D eigenvalue weighted by Crippen LogP contribution is -2.40. The maximum Gasteiger partial charge on any atom is 0.239 e. The highest BCUT2D eigenvalue weighted by Crippen LogP contribution is 2.27. The third-order valence-electron chi connectivity index (χ3n) is 3.54. The standard InChI is InChI=1S/C12H23N3O3/c1-12(7-11(16)14-13)17-9-10(18-12)8-15-5-3-2-4-6-15/h10H,2-9,13H2,1H3,(H,14,16). The minimum Gasteiger partial charge on any atom is -0.347 e. The fraction of sp³-hybridized carbons (Fsp3) is 0.917. The lowest BCUT2D eigenvalue weighted by molar-refractivity contribution is -0.168. The molecule has 2 saturated heterocycles. The van der Waals surface area contributed by atoms with E-state index in [9.17, 15) is 4.79 Å². The molecule has 2 aliphatic rings. The second-order valence-electron chi connectivity index (χ2n) is 5.29. The number of hydrogen-bond acceptors (Lipinski definition) is 5. The summed E-state index contributed by atoms with van der Waals surface area (Å²) in [6, 6.07) is 0. The van der Waals surface area contributed by atoms with Crippen molar-refractivity contribution >= 4 is 5.91 Å². The van der Waals surface area contributed by atoms with Crippen LogP contribution < -0.4 is 11.3 Å². The molecule has 6 heteroatoms. The molecular formula is C12H23N3O3. The van der Waals surface area contributed by atoms with E-state index in [2.05, 4.69) is 10.3 Å². The van der Waals surface area contributed by atoms with Crippen LogP contribution in [-0.2, 0) is 14.3 Å². The first-order valence-electron chi connectivity index (χ1n) is 6.65. The van der Waals surface area contributed by atoms with Crippen LogP contribution in [0.3, 0.4) is 0 Å². The van der Waals surface area contributed by atoms with Gasteiger partial charge in [0.2, 0.25) is 5.91 Å². The van der Waals surface area contributed by atoms with E-state index in [0.717, 1.165) is 19.6 Å². The van der Waals surface area contributed by atoms with Gasteiger partial charge in [0.05, 0.1) is 19.1 Å². The summed E-state index contributed by atoms with van der Waals surface area (Å²) < 4.78 is 11.4. The van der Waals surface area contributed by atoms with Crippen molar-refractivity contribution in [3.05, 3.63) is 0 Å². The number of carbonyl (C=O) groups is 1. The molecule has 2 heterocycles. The van der Waals surface area contributed by atoms with Gasteiger partial charge in [-0.05, 0) is 32.9 Å². The SMILES string of the molecule is CC1(CC(=O)NN)OCC(CN2CCCCC2)O1. The van der Waals surface area contributed by atoms with Crippen LogP contribution >= 0.6 is 0 Å². The molecule has 104 valence electrons. The van der Waals surface area contributed by atoms with Crippen molar-refractivity contribution in [1.82, 2.24) is 10.3 Å². The van der Waals surface area contributed by atoms with E-state index in [1.807, 2.05) is 0 Å². The fourth-order valence-corrected chi connectivity index (χ4v) is 2.65. The Kier molecular flexibility index (Phi) is 4.55. The first kappa shape index (κ1) is 13.7. The largest absolute Gasteiger partial charge is 0.347 e. The summed E-state index contributed by atoms with van der Waals surface area (Å²) in [5.41, 5.74) is 2.10. The fourth-order valence-electron chi connectivity index (χ4n) is 2.65. The molecule has 0 aliphatic carbocycles. The van der Waals surface area contributed by atoms with Gasteiger partial charge in [-0.3, -0.25) is 10.2 Å². The zero-order valence-corrected chi connectivity index (χ0v) is 11.0. The van der Waals surface area contributed by atoms with Crippen molar-refractivity contribution in [3.63, 3.8) is 0 Å². The first-order valence-corrected chi connectivity index (χ1v) is 6.65. The van der Waals surface area contributed by atoms with Gasteiger partial charge in [-0.25, -0.2) is 5.84 Å². The molecule has 0 aromatic carbocycles. The number of nitrogens with two attached hydrogens (primary N) is 1. The Morgan fingerprint density at radius 3 is 2.83 bits per heavy atom. The number of likely N-dealkylation sites (tertiary alicyclic amines) is 1. The second-order valence-corrected chi connectivity index (χ2v) is 5.29. The highest BCUT2D eigenvalue weighted by atomic mass is 16.7. The molecule has 2 aliphatic heterocycles. The van der Waals surface area contributed by atoms with Gasteiger partial charge in [-0.15, -0.1) is 0 Å². The Morgan fingerprint density at radius 1 is 1.44 bits per heavy atom. The molecule has 0 bridgehead atoms. The first-order chi connectivity index (χ1) is 8.61. The van der Waals surface area contributed by atoms with E-state index in [0.29, 0.717) is 6.61 Å². The highest BCUT2D eigenvalue weighted by molar-refractivity contribution is 5.76. The van der Waals surface area contributed by atoms with Crippen molar-refractivity contribution in [1.29, 1.82) is 0 Å². The Bertz CT molecular complexity index is 294. The molecule has 2 rings (SSSR count). The van der Waals surface area contributed by atoms with Crippen molar-refractivity contribution in [2.75, 3.05) is 26.2 Å². The third kappa shape index (κ3) is 3.65. The van der Waals surface area contributed by atoms with Crippen LogP contribution in [0.4, 0.5) is 0 Å². The van der Waals surface area contributed by atoms with Crippen LogP contribution in [-0.4, -0.2) is 48.9 Å². The topological polar surface area (TPSA) is 76.8 Å². The average molecular weight is 257 g/mol. The Labute approximate surface area is 108 Å². The summed E-state index contributed by atoms with van der Waals surface area (Å²) in [5, 5.41) is 0. The minimum absolute atomic E-state index is 0.0543. The van der Waals surface area contributed by atoms with Gasteiger partial charge in [-0.1, -0.05) is 6.42 Å². The normalized spacial score (nSPS) is 33.6. The van der Waals surface area contributed by atoms with Crippen LogP contribution in [0.2, 0.25) is 0 Å². The molecule has 0 radical (unpaired) electrons. The molecule has 0 aromatic rings. The Morgan fingerprint density at radius 2 is 2.17 bits per heavy atom. The Hall–Kier alpha value is -0.690. The predicted molar refractivity (Wildman–Crippen MR) is 66.5 cm³/mol. The molecule has 2 atom stereocenters. The molecule has 6 nitrogen and oxygen atoms in total. The second kappa shape index (κ2) is 5.97. The molecule has 1 amide bonds. The summed E-state index contributed by atoms with van der Waals surface area (Å²) in [5.74, 6) is 3.98. The summed E-state index contributed by atoms with van der Waals surface area (Å²) in [4.78, 5) is 13.7. The number of ether oxygens (including phenoxy) is 2.